The molecule has 3 nitrogen and oxygen atoms in total. The second-order valence-electron chi connectivity index (χ2n) is 7.41. The van der Waals surface area contributed by atoms with Gasteiger partial charge in [0, 0.05) is 6.54 Å². The van der Waals surface area contributed by atoms with Crippen molar-refractivity contribution in [2.24, 2.45) is 0 Å². The van der Waals surface area contributed by atoms with Crippen molar-refractivity contribution >= 4 is 13.2 Å². The van der Waals surface area contributed by atoms with Gasteiger partial charge in [0.25, 0.3) is 0 Å². The fourth-order valence-corrected chi connectivity index (χ4v) is 2.57. The third-order valence-electron chi connectivity index (χ3n) is 4.88. The van der Waals surface area contributed by atoms with Crippen molar-refractivity contribution < 1.29 is 22.5 Å². The molecule has 0 spiro atoms. The molecule has 138 valence electrons. The maximum atomic E-state index is 13.0. The molecular formula is C18H25BF3NO2. The van der Waals surface area contributed by atoms with Crippen LogP contribution in [-0.2, 0) is 15.5 Å². The SMILES string of the molecule is CNCC(=Cc1cc(C(F)(F)F)ccc1C)B1OC(C)(C)C(C)(C)O1. The van der Waals surface area contributed by atoms with E-state index in [1.54, 1.807) is 20.0 Å². The van der Waals surface area contributed by atoms with Gasteiger partial charge in [-0.1, -0.05) is 12.1 Å². The summed E-state index contributed by atoms with van der Waals surface area (Å²) in [6.45, 7) is 10.0. The topological polar surface area (TPSA) is 30.5 Å². The van der Waals surface area contributed by atoms with Crippen LogP contribution in [0.3, 0.4) is 0 Å². The zero-order valence-corrected chi connectivity index (χ0v) is 15.5. The van der Waals surface area contributed by atoms with Crippen molar-refractivity contribution in [1.29, 1.82) is 0 Å². The normalized spacial score (nSPS) is 20.2. The fourth-order valence-electron chi connectivity index (χ4n) is 2.57. The number of alkyl halides is 3. The van der Waals surface area contributed by atoms with Gasteiger partial charge in [0.2, 0.25) is 0 Å². The summed E-state index contributed by atoms with van der Waals surface area (Å²) in [5.41, 5.74) is 0.347. The zero-order valence-electron chi connectivity index (χ0n) is 15.5. The summed E-state index contributed by atoms with van der Waals surface area (Å²) in [6.07, 6.45) is -2.65. The number of benzene rings is 1. The molecule has 1 aromatic carbocycles. The molecule has 0 amide bonds. The van der Waals surface area contributed by atoms with Crippen molar-refractivity contribution in [2.75, 3.05) is 13.6 Å². The number of likely N-dealkylation sites (N-methyl/N-ethyl adjacent to an activating group) is 1. The summed E-state index contributed by atoms with van der Waals surface area (Å²) in [4.78, 5) is 0. The Bertz CT molecular complexity index is 653. The highest BCUT2D eigenvalue weighted by Crippen LogP contribution is 2.39. The molecule has 2 rings (SSSR count). The Morgan fingerprint density at radius 2 is 1.72 bits per heavy atom. The number of hydrogen-bond acceptors (Lipinski definition) is 3. The molecule has 0 unspecified atom stereocenters. The number of nitrogens with one attached hydrogen (secondary N) is 1. The summed E-state index contributed by atoms with van der Waals surface area (Å²) in [7, 11) is 1.17. The first-order chi connectivity index (χ1) is 11.4. The first-order valence-corrected chi connectivity index (χ1v) is 8.26. The van der Waals surface area contributed by atoms with Gasteiger partial charge in [-0.15, -0.1) is 0 Å². The van der Waals surface area contributed by atoms with Gasteiger partial charge in [-0.05, 0) is 70.4 Å². The molecule has 0 aromatic heterocycles. The van der Waals surface area contributed by atoms with Crippen molar-refractivity contribution in [3.63, 3.8) is 0 Å². The van der Waals surface area contributed by atoms with Crippen molar-refractivity contribution in [2.45, 2.75) is 52.0 Å². The Kier molecular flexibility index (Phi) is 5.43. The van der Waals surface area contributed by atoms with Crippen molar-refractivity contribution in [3.05, 3.63) is 40.4 Å². The van der Waals surface area contributed by atoms with Crippen LogP contribution in [0.25, 0.3) is 6.08 Å². The van der Waals surface area contributed by atoms with E-state index in [9.17, 15) is 13.2 Å². The first-order valence-electron chi connectivity index (χ1n) is 8.26. The summed E-state index contributed by atoms with van der Waals surface area (Å²) in [5, 5.41) is 3.03. The van der Waals surface area contributed by atoms with Crippen LogP contribution in [0.4, 0.5) is 13.2 Å². The Balaban J connectivity index is 2.42. The minimum absolute atomic E-state index is 0.451. The fraction of sp³-hybridized carbons (Fsp3) is 0.556. The van der Waals surface area contributed by atoms with Gasteiger partial charge in [0.15, 0.2) is 0 Å². The van der Waals surface area contributed by atoms with E-state index in [2.05, 4.69) is 5.32 Å². The van der Waals surface area contributed by atoms with E-state index >= 15 is 0 Å². The van der Waals surface area contributed by atoms with E-state index in [-0.39, 0.29) is 0 Å². The maximum absolute atomic E-state index is 13.0. The number of aryl methyl sites for hydroxylation is 1. The zero-order chi connectivity index (χ0) is 19.0. The van der Waals surface area contributed by atoms with Crippen LogP contribution in [-0.4, -0.2) is 31.9 Å². The number of hydrogen-bond donors (Lipinski definition) is 1. The third-order valence-corrected chi connectivity index (χ3v) is 4.88. The Hall–Kier alpha value is -1.31. The second kappa shape index (κ2) is 6.78. The molecule has 1 fully saturated rings. The highest BCUT2D eigenvalue weighted by Gasteiger charge is 2.52. The van der Waals surface area contributed by atoms with E-state index in [1.807, 2.05) is 27.7 Å². The Labute approximate surface area is 147 Å². The predicted octanol–water partition coefficient (Wildman–Crippen LogP) is 4.25. The van der Waals surface area contributed by atoms with Crippen molar-refractivity contribution in [1.82, 2.24) is 5.32 Å². The molecule has 0 aliphatic carbocycles. The summed E-state index contributed by atoms with van der Waals surface area (Å²) in [5.74, 6) is 0. The predicted molar refractivity (Wildman–Crippen MR) is 94.2 cm³/mol. The molecule has 1 heterocycles. The second-order valence-corrected chi connectivity index (χ2v) is 7.41. The lowest BCUT2D eigenvalue weighted by atomic mass is 9.76. The van der Waals surface area contributed by atoms with Crippen LogP contribution >= 0.6 is 0 Å². The number of halogens is 3. The van der Waals surface area contributed by atoms with E-state index in [0.29, 0.717) is 12.1 Å². The molecule has 0 bridgehead atoms. The first kappa shape index (κ1) is 20.0. The van der Waals surface area contributed by atoms with E-state index < -0.39 is 30.1 Å². The molecular weight excluding hydrogens is 330 g/mol. The standard InChI is InChI=1S/C18H25BF3NO2/c1-12-7-8-14(18(20,21)22)9-13(12)10-15(11-23-6)19-24-16(2,3)17(4,5)25-19/h7-10,23H,11H2,1-6H3. The minimum Gasteiger partial charge on any atom is -0.400 e. The molecule has 1 aliphatic rings. The van der Waals surface area contributed by atoms with Crippen LogP contribution in [0.15, 0.2) is 23.7 Å². The van der Waals surface area contributed by atoms with Gasteiger partial charge in [-0.3, -0.25) is 0 Å². The van der Waals surface area contributed by atoms with Gasteiger partial charge in [-0.2, -0.15) is 13.2 Å². The van der Waals surface area contributed by atoms with Gasteiger partial charge in [0.05, 0.1) is 16.8 Å². The maximum Gasteiger partial charge on any atom is 0.491 e. The van der Waals surface area contributed by atoms with Gasteiger partial charge >= 0.3 is 13.3 Å². The molecule has 0 saturated carbocycles. The van der Waals surface area contributed by atoms with E-state index in [0.717, 1.165) is 23.2 Å². The summed E-state index contributed by atoms with van der Waals surface area (Å²) >= 11 is 0. The highest BCUT2D eigenvalue weighted by atomic mass is 19.4. The van der Waals surface area contributed by atoms with Crippen LogP contribution < -0.4 is 5.32 Å². The van der Waals surface area contributed by atoms with Gasteiger partial charge in [0.1, 0.15) is 0 Å². The van der Waals surface area contributed by atoms with Gasteiger partial charge < -0.3 is 14.6 Å². The lowest BCUT2D eigenvalue weighted by molar-refractivity contribution is -0.137. The van der Waals surface area contributed by atoms with Crippen LogP contribution in [0.2, 0.25) is 0 Å². The molecule has 1 aliphatic heterocycles. The van der Waals surface area contributed by atoms with E-state index in [4.69, 9.17) is 9.31 Å². The smallest absolute Gasteiger partial charge is 0.400 e. The average molecular weight is 355 g/mol. The third kappa shape index (κ3) is 4.27. The van der Waals surface area contributed by atoms with Crippen molar-refractivity contribution in [3.8, 4) is 0 Å². The van der Waals surface area contributed by atoms with Crippen LogP contribution in [0, 0.1) is 6.92 Å². The number of rotatable bonds is 4. The summed E-state index contributed by atoms with van der Waals surface area (Å²) in [6, 6.07) is 3.74. The monoisotopic (exact) mass is 355 g/mol. The Morgan fingerprint density at radius 1 is 1.16 bits per heavy atom. The molecule has 0 radical (unpaired) electrons. The lowest BCUT2D eigenvalue weighted by Gasteiger charge is -2.32. The van der Waals surface area contributed by atoms with E-state index in [1.165, 1.54) is 6.07 Å². The van der Waals surface area contributed by atoms with Crippen LogP contribution in [0.5, 0.6) is 0 Å². The molecule has 1 saturated heterocycles. The quantitative estimate of drug-likeness (QED) is 0.820. The largest absolute Gasteiger partial charge is 0.491 e. The summed E-state index contributed by atoms with van der Waals surface area (Å²) < 4.78 is 51.1. The average Bonchev–Trinajstić information content (AvgIpc) is 2.68. The molecule has 1 aromatic rings. The highest BCUT2D eigenvalue weighted by molar-refractivity contribution is 6.55. The Morgan fingerprint density at radius 3 is 2.20 bits per heavy atom. The molecule has 7 heteroatoms. The molecule has 25 heavy (non-hydrogen) atoms. The minimum atomic E-state index is -4.37. The van der Waals surface area contributed by atoms with Gasteiger partial charge in [-0.25, -0.2) is 0 Å². The molecule has 1 N–H and O–H groups in total. The lowest BCUT2D eigenvalue weighted by Crippen LogP contribution is -2.41. The molecule has 0 atom stereocenters. The van der Waals surface area contributed by atoms with Crippen LogP contribution in [0.1, 0.15) is 44.4 Å².